The van der Waals surface area contributed by atoms with E-state index >= 15 is 0 Å². The van der Waals surface area contributed by atoms with Gasteiger partial charge in [0.1, 0.15) is 0 Å². The van der Waals surface area contributed by atoms with Gasteiger partial charge in [0.2, 0.25) is 0 Å². The lowest BCUT2D eigenvalue weighted by atomic mass is 10.1. The molecule has 1 aromatic rings. The number of benzene rings is 1. The molecule has 1 aliphatic heterocycles. The molecule has 0 saturated carbocycles. The summed E-state index contributed by atoms with van der Waals surface area (Å²) in [7, 11) is 0. The molecule has 1 aliphatic rings. The molecule has 1 saturated heterocycles. The van der Waals surface area contributed by atoms with Gasteiger partial charge >= 0.3 is 0 Å². The molecule has 1 aromatic carbocycles. The summed E-state index contributed by atoms with van der Waals surface area (Å²) in [6, 6.07) is 6.42. The van der Waals surface area contributed by atoms with E-state index in [1.807, 2.05) is 0 Å². The highest BCUT2D eigenvalue weighted by Crippen LogP contribution is 2.25. The van der Waals surface area contributed by atoms with Crippen LogP contribution >= 0.6 is 15.9 Å². The lowest BCUT2D eigenvalue weighted by molar-refractivity contribution is 0.0368. The normalized spacial score (nSPS) is 20.6. The summed E-state index contributed by atoms with van der Waals surface area (Å²) in [5.41, 5.74) is 8.19. The average Bonchev–Trinajstić information content (AvgIpc) is 2.29. The van der Waals surface area contributed by atoms with Crippen molar-refractivity contribution in [1.29, 1.82) is 0 Å². The van der Waals surface area contributed by atoms with Crippen LogP contribution in [0.5, 0.6) is 0 Å². The summed E-state index contributed by atoms with van der Waals surface area (Å²) in [5.74, 6) is 0. The van der Waals surface area contributed by atoms with Crippen molar-refractivity contribution in [3.63, 3.8) is 0 Å². The number of hydrogen-bond donors (Lipinski definition) is 1. The van der Waals surface area contributed by atoms with Crippen LogP contribution in [0.1, 0.15) is 12.0 Å². The van der Waals surface area contributed by atoms with Gasteiger partial charge in [-0.1, -0.05) is 15.9 Å². The summed E-state index contributed by atoms with van der Waals surface area (Å²) >= 11 is 3.50. The molecule has 1 heterocycles. The highest BCUT2D eigenvalue weighted by molar-refractivity contribution is 9.10. The van der Waals surface area contributed by atoms with Crippen LogP contribution in [0.4, 0.5) is 5.69 Å². The zero-order chi connectivity index (χ0) is 12.3. The third-order valence-electron chi connectivity index (χ3n) is 3.13. The quantitative estimate of drug-likeness (QED) is 0.931. The maximum Gasteiger partial charge on any atom is 0.0762 e. The van der Waals surface area contributed by atoms with Crippen molar-refractivity contribution in [2.24, 2.45) is 5.73 Å². The Labute approximate surface area is 111 Å². The summed E-state index contributed by atoms with van der Waals surface area (Å²) < 4.78 is 6.83. The smallest absolute Gasteiger partial charge is 0.0762 e. The molecule has 0 aliphatic carbocycles. The summed E-state index contributed by atoms with van der Waals surface area (Å²) in [4.78, 5) is 2.39. The van der Waals surface area contributed by atoms with E-state index in [0.29, 0.717) is 6.54 Å². The first-order valence-electron chi connectivity index (χ1n) is 6.03. The van der Waals surface area contributed by atoms with Crippen molar-refractivity contribution in [2.75, 3.05) is 31.1 Å². The lowest BCUT2D eigenvalue weighted by Crippen LogP contribution is -2.43. The number of nitrogens with zero attached hydrogens (tertiary/aromatic N) is 1. The molecule has 0 amide bonds. The second-order valence-corrected chi connectivity index (χ2v) is 5.36. The van der Waals surface area contributed by atoms with Crippen LogP contribution < -0.4 is 10.6 Å². The standard InChI is InChI=1S/C13H19BrN2O/c1-10-8-11(14)2-3-13(10)16-6-7-17-12(9-16)4-5-15/h2-3,8,12H,4-7,9,15H2,1H3. The highest BCUT2D eigenvalue weighted by Gasteiger charge is 2.20. The van der Waals surface area contributed by atoms with Crippen molar-refractivity contribution in [2.45, 2.75) is 19.4 Å². The molecular formula is C13H19BrN2O. The van der Waals surface area contributed by atoms with Gasteiger partial charge in [-0.05, 0) is 43.7 Å². The second kappa shape index (κ2) is 5.85. The Morgan fingerprint density at radius 1 is 1.53 bits per heavy atom. The molecule has 2 rings (SSSR count). The van der Waals surface area contributed by atoms with Gasteiger partial charge in [-0.25, -0.2) is 0 Å². The number of morpholine rings is 1. The van der Waals surface area contributed by atoms with Gasteiger partial charge < -0.3 is 15.4 Å². The Morgan fingerprint density at radius 3 is 3.06 bits per heavy atom. The predicted octanol–water partition coefficient (Wildman–Crippen LogP) is 2.31. The summed E-state index contributed by atoms with van der Waals surface area (Å²) in [5, 5.41) is 0. The Morgan fingerprint density at radius 2 is 2.35 bits per heavy atom. The molecule has 2 N–H and O–H groups in total. The van der Waals surface area contributed by atoms with Crippen molar-refractivity contribution in [1.82, 2.24) is 0 Å². The number of rotatable bonds is 3. The average molecular weight is 299 g/mol. The number of nitrogens with two attached hydrogens (primary N) is 1. The zero-order valence-corrected chi connectivity index (χ0v) is 11.7. The zero-order valence-electron chi connectivity index (χ0n) is 10.2. The first kappa shape index (κ1) is 12.9. The number of ether oxygens (including phenoxy) is 1. The van der Waals surface area contributed by atoms with E-state index in [4.69, 9.17) is 10.5 Å². The SMILES string of the molecule is Cc1cc(Br)ccc1N1CCOC(CCN)C1. The van der Waals surface area contributed by atoms with Gasteiger partial charge in [-0.3, -0.25) is 0 Å². The van der Waals surface area contributed by atoms with Gasteiger partial charge in [-0.2, -0.15) is 0 Å². The van der Waals surface area contributed by atoms with Crippen molar-refractivity contribution in [3.05, 3.63) is 28.2 Å². The van der Waals surface area contributed by atoms with Crippen molar-refractivity contribution >= 4 is 21.6 Å². The third kappa shape index (κ3) is 3.21. The van der Waals surface area contributed by atoms with Crippen LogP contribution in [0.25, 0.3) is 0 Å². The first-order valence-corrected chi connectivity index (χ1v) is 6.83. The molecular weight excluding hydrogens is 280 g/mol. The van der Waals surface area contributed by atoms with E-state index in [2.05, 4.69) is 46.0 Å². The molecule has 1 unspecified atom stereocenters. The first-order chi connectivity index (χ1) is 8.20. The lowest BCUT2D eigenvalue weighted by Gasteiger charge is -2.35. The fraction of sp³-hybridized carbons (Fsp3) is 0.538. The van der Waals surface area contributed by atoms with E-state index in [-0.39, 0.29) is 6.10 Å². The number of halogens is 1. The van der Waals surface area contributed by atoms with E-state index in [0.717, 1.165) is 30.6 Å². The monoisotopic (exact) mass is 298 g/mol. The van der Waals surface area contributed by atoms with E-state index in [1.54, 1.807) is 0 Å². The molecule has 94 valence electrons. The third-order valence-corrected chi connectivity index (χ3v) is 3.62. The minimum Gasteiger partial charge on any atom is -0.374 e. The maximum atomic E-state index is 5.70. The topological polar surface area (TPSA) is 38.5 Å². The molecule has 1 atom stereocenters. The highest BCUT2D eigenvalue weighted by atomic mass is 79.9. The van der Waals surface area contributed by atoms with Gasteiger partial charge in [0.15, 0.2) is 0 Å². The Bertz CT molecular complexity index is 382. The van der Waals surface area contributed by atoms with Crippen LogP contribution in [0.2, 0.25) is 0 Å². The van der Waals surface area contributed by atoms with Crippen molar-refractivity contribution < 1.29 is 4.74 Å². The minimum atomic E-state index is 0.275. The van der Waals surface area contributed by atoms with E-state index in [9.17, 15) is 0 Å². The molecule has 0 aromatic heterocycles. The Hall–Kier alpha value is -0.580. The maximum absolute atomic E-state index is 5.70. The van der Waals surface area contributed by atoms with Crippen LogP contribution in [-0.4, -0.2) is 32.3 Å². The van der Waals surface area contributed by atoms with Crippen molar-refractivity contribution in [3.8, 4) is 0 Å². The van der Waals surface area contributed by atoms with Crippen LogP contribution in [0.3, 0.4) is 0 Å². The molecule has 1 fully saturated rings. The molecule has 0 bridgehead atoms. The van der Waals surface area contributed by atoms with Crippen LogP contribution in [-0.2, 0) is 4.74 Å². The minimum absolute atomic E-state index is 0.275. The predicted molar refractivity (Wildman–Crippen MR) is 74.5 cm³/mol. The largest absolute Gasteiger partial charge is 0.374 e. The molecule has 17 heavy (non-hydrogen) atoms. The van der Waals surface area contributed by atoms with Gasteiger partial charge in [0, 0.05) is 23.2 Å². The van der Waals surface area contributed by atoms with Crippen LogP contribution in [0.15, 0.2) is 22.7 Å². The number of anilines is 1. The number of hydrogen-bond acceptors (Lipinski definition) is 3. The second-order valence-electron chi connectivity index (χ2n) is 4.45. The molecule has 3 nitrogen and oxygen atoms in total. The van der Waals surface area contributed by atoms with Gasteiger partial charge in [0.25, 0.3) is 0 Å². The van der Waals surface area contributed by atoms with Gasteiger partial charge in [0.05, 0.1) is 12.7 Å². The van der Waals surface area contributed by atoms with E-state index < -0.39 is 0 Å². The summed E-state index contributed by atoms with van der Waals surface area (Å²) in [6.07, 6.45) is 1.21. The fourth-order valence-corrected chi connectivity index (χ4v) is 2.75. The van der Waals surface area contributed by atoms with Gasteiger partial charge in [-0.15, -0.1) is 0 Å². The molecule has 4 heteroatoms. The Balaban J connectivity index is 2.10. The molecule has 0 spiro atoms. The summed E-state index contributed by atoms with van der Waals surface area (Å²) in [6.45, 7) is 5.54. The molecule has 0 radical (unpaired) electrons. The Kier molecular flexibility index (Phi) is 4.42. The number of aryl methyl sites for hydroxylation is 1. The van der Waals surface area contributed by atoms with E-state index in [1.165, 1.54) is 11.3 Å². The van der Waals surface area contributed by atoms with Crippen LogP contribution in [0, 0.1) is 6.92 Å². The fourth-order valence-electron chi connectivity index (χ4n) is 2.27.